The van der Waals surface area contributed by atoms with Crippen molar-refractivity contribution in [3.63, 3.8) is 0 Å². The molecule has 0 aromatic heterocycles. The number of likely N-dealkylation sites (tertiary alicyclic amines) is 1. The van der Waals surface area contributed by atoms with Gasteiger partial charge in [0.2, 0.25) is 0 Å². The SMILES string of the molecule is CC(C)CN1CCC(N2CCOC(C(C)N)C2)CC1. The van der Waals surface area contributed by atoms with Crippen molar-refractivity contribution in [2.24, 2.45) is 11.7 Å². The van der Waals surface area contributed by atoms with Crippen molar-refractivity contribution in [2.75, 3.05) is 39.3 Å². The van der Waals surface area contributed by atoms with Crippen LogP contribution in [0.2, 0.25) is 0 Å². The Morgan fingerprint density at radius 1 is 1.16 bits per heavy atom. The molecule has 0 aromatic carbocycles. The molecule has 2 aliphatic heterocycles. The molecule has 0 saturated carbocycles. The molecule has 0 bridgehead atoms. The van der Waals surface area contributed by atoms with Crippen molar-refractivity contribution in [3.8, 4) is 0 Å². The van der Waals surface area contributed by atoms with Crippen LogP contribution in [0.3, 0.4) is 0 Å². The Morgan fingerprint density at radius 2 is 1.84 bits per heavy atom. The maximum atomic E-state index is 5.98. The van der Waals surface area contributed by atoms with Gasteiger partial charge in [0, 0.05) is 31.7 Å². The Bertz CT molecular complexity index is 262. The quantitative estimate of drug-likeness (QED) is 0.831. The van der Waals surface area contributed by atoms with E-state index in [9.17, 15) is 0 Å². The number of nitrogens with zero attached hydrogens (tertiary/aromatic N) is 2. The maximum absolute atomic E-state index is 5.98. The number of morpholine rings is 1. The van der Waals surface area contributed by atoms with Crippen LogP contribution >= 0.6 is 0 Å². The lowest BCUT2D eigenvalue weighted by Crippen LogP contribution is -2.55. The van der Waals surface area contributed by atoms with Gasteiger partial charge in [-0.25, -0.2) is 0 Å². The Morgan fingerprint density at radius 3 is 2.42 bits per heavy atom. The van der Waals surface area contributed by atoms with E-state index in [1.54, 1.807) is 0 Å². The van der Waals surface area contributed by atoms with E-state index < -0.39 is 0 Å². The van der Waals surface area contributed by atoms with Gasteiger partial charge in [-0.1, -0.05) is 13.8 Å². The van der Waals surface area contributed by atoms with Crippen LogP contribution in [0.15, 0.2) is 0 Å². The highest BCUT2D eigenvalue weighted by atomic mass is 16.5. The van der Waals surface area contributed by atoms with Crippen molar-refractivity contribution in [1.29, 1.82) is 0 Å². The van der Waals surface area contributed by atoms with Crippen LogP contribution in [0.25, 0.3) is 0 Å². The van der Waals surface area contributed by atoms with Gasteiger partial charge in [0.25, 0.3) is 0 Å². The van der Waals surface area contributed by atoms with Gasteiger partial charge in [0.15, 0.2) is 0 Å². The minimum atomic E-state index is 0.142. The molecule has 2 aliphatic rings. The predicted octanol–water partition coefficient (Wildman–Crippen LogP) is 1.15. The zero-order valence-electron chi connectivity index (χ0n) is 12.8. The molecule has 2 atom stereocenters. The smallest absolute Gasteiger partial charge is 0.0850 e. The third kappa shape index (κ3) is 4.42. The molecule has 2 N–H and O–H groups in total. The zero-order chi connectivity index (χ0) is 13.8. The number of hydrogen-bond donors (Lipinski definition) is 1. The van der Waals surface area contributed by atoms with E-state index >= 15 is 0 Å². The minimum absolute atomic E-state index is 0.142. The van der Waals surface area contributed by atoms with Crippen LogP contribution < -0.4 is 5.73 Å². The second-order valence-electron chi connectivity index (χ2n) is 6.69. The van der Waals surface area contributed by atoms with Crippen LogP contribution in [0.1, 0.15) is 33.6 Å². The molecule has 0 spiro atoms. The highest BCUT2D eigenvalue weighted by Gasteiger charge is 2.30. The summed E-state index contributed by atoms with van der Waals surface area (Å²) in [6, 6.07) is 0.886. The maximum Gasteiger partial charge on any atom is 0.0850 e. The van der Waals surface area contributed by atoms with Crippen LogP contribution in [-0.4, -0.2) is 67.3 Å². The molecule has 2 rings (SSSR count). The van der Waals surface area contributed by atoms with Crippen LogP contribution in [-0.2, 0) is 4.74 Å². The van der Waals surface area contributed by atoms with Crippen molar-refractivity contribution in [3.05, 3.63) is 0 Å². The monoisotopic (exact) mass is 269 g/mol. The summed E-state index contributed by atoms with van der Waals surface area (Å²) in [4.78, 5) is 5.23. The topological polar surface area (TPSA) is 41.7 Å². The minimum Gasteiger partial charge on any atom is -0.374 e. The third-order valence-corrected chi connectivity index (χ3v) is 4.41. The van der Waals surface area contributed by atoms with Crippen LogP contribution in [0.4, 0.5) is 0 Å². The van der Waals surface area contributed by atoms with Crippen LogP contribution in [0, 0.1) is 5.92 Å². The fraction of sp³-hybridized carbons (Fsp3) is 1.00. The average Bonchev–Trinajstić information content (AvgIpc) is 2.39. The highest BCUT2D eigenvalue weighted by Crippen LogP contribution is 2.20. The van der Waals surface area contributed by atoms with Crippen molar-refractivity contribution in [2.45, 2.75) is 51.8 Å². The van der Waals surface area contributed by atoms with E-state index in [4.69, 9.17) is 10.5 Å². The second-order valence-corrected chi connectivity index (χ2v) is 6.69. The zero-order valence-corrected chi connectivity index (χ0v) is 12.8. The number of hydrogen-bond acceptors (Lipinski definition) is 4. The van der Waals surface area contributed by atoms with E-state index in [2.05, 4.69) is 30.6 Å². The predicted molar refractivity (Wildman–Crippen MR) is 79.3 cm³/mol. The van der Waals surface area contributed by atoms with E-state index in [1.807, 2.05) is 0 Å². The molecule has 0 aliphatic carbocycles. The van der Waals surface area contributed by atoms with Crippen LogP contribution in [0.5, 0.6) is 0 Å². The first-order valence-electron chi connectivity index (χ1n) is 7.90. The molecule has 2 unspecified atom stereocenters. The van der Waals surface area contributed by atoms with Gasteiger partial charge >= 0.3 is 0 Å². The number of nitrogens with two attached hydrogens (primary N) is 1. The van der Waals surface area contributed by atoms with E-state index in [0.29, 0.717) is 0 Å². The average molecular weight is 269 g/mol. The molecular weight excluding hydrogens is 238 g/mol. The van der Waals surface area contributed by atoms with Gasteiger partial charge in [-0.3, -0.25) is 4.90 Å². The molecule has 4 nitrogen and oxygen atoms in total. The molecule has 4 heteroatoms. The van der Waals surface area contributed by atoms with Gasteiger partial charge in [0.1, 0.15) is 0 Å². The Kier molecular flexibility index (Phi) is 5.63. The summed E-state index contributed by atoms with van der Waals surface area (Å²) >= 11 is 0. The second kappa shape index (κ2) is 7.02. The van der Waals surface area contributed by atoms with Gasteiger partial charge in [-0.2, -0.15) is 0 Å². The summed E-state index contributed by atoms with van der Waals surface area (Å²) in [6.45, 7) is 13.4. The molecule has 0 aromatic rings. The number of piperidine rings is 1. The van der Waals surface area contributed by atoms with Crippen molar-refractivity contribution < 1.29 is 4.74 Å². The lowest BCUT2D eigenvalue weighted by molar-refractivity contribution is -0.0595. The first-order valence-corrected chi connectivity index (χ1v) is 7.90. The van der Waals surface area contributed by atoms with Gasteiger partial charge < -0.3 is 15.4 Å². The summed E-state index contributed by atoms with van der Waals surface area (Å²) < 4.78 is 5.76. The van der Waals surface area contributed by atoms with Crippen molar-refractivity contribution >= 4 is 0 Å². The molecule has 19 heavy (non-hydrogen) atoms. The molecule has 2 saturated heterocycles. The number of ether oxygens (including phenoxy) is 1. The van der Waals surface area contributed by atoms with Crippen molar-refractivity contribution in [1.82, 2.24) is 9.80 Å². The Balaban J connectivity index is 1.77. The normalized spacial score (nSPS) is 29.8. The summed E-state index contributed by atoms with van der Waals surface area (Å²) in [5.74, 6) is 0.780. The fourth-order valence-electron chi connectivity index (χ4n) is 3.33. The summed E-state index contributed by atoms with van der Waals surface area (Å²) in [6.07, 6.45) is 2.83. The fourth-order valence-corrected chi connectivity index (χ4v) is 3.33. The lowest BCUT2D eigenvalue weighted by Gasteiger charge is -2.43. The van der Waals surface area contributed by atoms with E-state index in [1.165, 1.54) is 32.5 Å². The standard InChI is InChI=1S/C15H31N3O/c1-12(2)10-17-6-4-14(5-7-17)18-8-9-19-15(11-18)13(3)16/h12-15H,4-11,16H2,1-3H3. The third-order valence-electron chi connectivity index (χ3n) is 4.41. The Labute approximate surface area is 118 Å². The number of rotatable bonds is 4. The van der Waals surface area contributed by atoms with Gasteiger partial charge in [-0.05, 0) is 38.8 Å². The molecule has 2 heterocycles. The Hall–Kier alpha value is -0.160. The van der Waals surface area contributed by atoms with Gasteiger partial charge in [-0.15, -0.1) is 0 Å². The molecule has 112 valence electrons. The molecular formula is C15H31N3O. The molecule has 0 amide bonds. The summed E-state index contributed by atoms with van der Waals surface area (Å²) in [5, 5.41) is 0. The van der Waals surface area contributed by atoms with Gasteiger partial charge in [0.05, 0.1) is 12.7 Å². The largest absolute Gasteiger partial charge is 0.374 e. The van der Waals surface area contributed by atoms with E-state index in [-0.39, 0.29) is 12.1 Å². The molecule has 0 radical (unpaired) electrons. The lowest BCUT2D eigenvalue weighted by atomic mass is 10.00. The summed E-state index contributed by atoms with van der Waals surface area (Å²) in [7, 11) is 0. The summed E-state index contributed by atoms with van der Waals surface area (Å²) in [5.41, 5.74) is 5.98. The van der Waals surface area contributed by atoms with E-state index in [0.717, 1.165) is 31.7 Å². The first kappa shape index (κ1) is 15.2. The highest BCUT2D eigenvalue weighted by molar-refractivity contribution is 4.85. The first-order chi connectivity index (χ1) is 9.06. The molecule has 2 fully saturated rings.